The Hall–Kier alpha value is -0.980. The van der Waals surface area contributed by atoms with Crippen molar-refractivity contribution in [3.8, 4) is 5.75 Å². The van der Waals surface area contributed by atoms with Gasteiger partial charge in [0.15, 0.2) is 5.96 Å². The molecule has 2 N–H and O–H groups in total. The number of guanidine groups is 1. The van der Waals surface area contributed by atoms with Crippen LogP contribution in [0.1, 0.15) is 25.8 Å². The van der Waals surface area contributed by atoms with Crippen LogP contribution in [0, 0.1) is 6.92 Å². The van der Waals surface area contributed by atoms with Crippen LogP contribution in [-0.2, 0) is 0 Å². The third-order valence-corrected chi connectivity index (χ3v) is 2.61. The highest BCUT2D eigenvalue weighted by Gasteiger charge is 1.97. The molecule has 0 atom stereocenters. The van der Waals surface area contributed by atoms with Crippen LogP contribution in [0.2, 0.25) is 0 Å². The van der Waals surface area contributed by atoms with Crippen molar-refractivity contribution in [1.29, 1.82) is 0 Å². The fraction of sp³-hybridized carbons (Fsp3) is 0.533. The van der Waals surface area contributed by atoms with Gasteiger partial charge in [-0.3, -0.25) is 4.99 Å². The molecule has 0 bridgehead atoms. The summed E-state index contributed by atoms with van der Waals surface area (Å²) in [6, 6.07) is 8.07. The highest BCUT2D eigenvalue weighted by Crippen LogP contribution is 2.15. The van der Waals surface area contributed by atoms with E-state index in [1.807, 2.05) is 18.2 Å². The van der Waals surface area contributed by atoms with E-state index in [-0.39, 0.29) is 24.0 Å². The number of para-hydroxylation sites is 1. The summed E-state index contributed by atoms with van der Waals surface area (Å²) in [5.74, 6) is 1.84. The Labute approximate surface area is 139 Å². The van der Waals surface area contributed by atoms with Crippen molar-refractivity contribution in [2.24, 2.45) is 4.99 Å². The maximum absolute atomic E-state index is 5.73. The van der Waals surface area contributed by atoms with Crippen LogP contribution in [-0.4, -0.2) is 32.2 Å². The number of hydrogen-bond donors (Lipinski definition) is 2. The Kier molecular flexibility index (Phi) is 11.2. The maximum atomic E-state index is 5.73. The molecule has 0 heterocycles. The first-order chi connectivity index (χ1) is 9.27. The lowest BCUT2D eigenvalue weighted by molar-refractivity contribution is 0.311. The van der Waals surface area contributed by atoms with Crippen LogP contribution in [0.25, 0.3) is 0 Å². The summed E-state index contributed by atoms with van der Waals surface area (Å²) in [4.78, 5) is 4.47. The number of nitrogens with zero attached hydrogens (tertiary/aromatic N) is 1. The molecule has 20 heavy (non-hydrogen) atoms. The number of ether oxygens (including phenoxy) is 1. The van der Waals surface area contributed by atoms with Crippen LogP contribution in [0.4, 0.5) is 0 Å². The van der Waals surface area contributed by atoms with E-state index in [2.05, 4.69) is 42.5 Å². The van der Waals surface area contributed by atoms with Gasteiger partial charge in [0.25, 0.3) is 0 Å². The molecule has 5 heteroatoms. The topological polar surface area (TPSA) is 45.7 Å². The van der Waals surface area contributed by atoms with Crippen LogP contribution in [0.15, 0.2) is 29.3 Å². The van der Waals surface area contributed by atoms with Gasteiger partial charge < -0.3 is 15.4 Å². The molecule has 0 aliphatic carbocycles. The zero-order valence-electron chi connectivity index (χ0n) is 12.6. The summed E-state index contributed by atoms with van der Waals surface area (Å²) >= 11 is 0. The van der Waals surface area contributed by atoms with Crippen molar-refractivity contribution in [2.45, 2.75) is 27.2 Å². The molecule has 0 unspecified atom stereocenters. The van der Waals surface area contributed by atoms with E-state index in [9.17, 15) is 0 Å². The number of aliphatic imine (C=N–C) groups is 1. The van der Waals surface area contributed by atoms with Gasteiger partial charge in [0, 0.05) is 26.1 Å². The normalized spacial score (nSPS) is 9.35. The quantitative estimate of drug-likeness (QED) is 0.325. The van der Waals surface area contributed by atoms with Crippen molar-refractivity contribution in [1.82, 2.24) is 10.6 Å². The second-order valence-electron chi connectivity index (χ2n) is 4.26. The van der Waals surface area contributed by atoms with Gasteiger partial charge in [-0.05, 0) is 32.4 Å². The monoisotopic (exact) mass is 391 g/mol. The lowest BCUT2D eigenvalue weighted by Crippen LogP contribution is -2.37. The van der Waals surface area contributed by atoms with Crippen LogP contribution in [0.3, 0.4) is 0 Å². The number of benzene rings is 1. The van der Waals surface area contributed by atoms with Crippen LogP contribution in [0.5, 0.6) is 5.75 Å². The average Bonchev–Trinajstić information content (AvgIpc) is 2.41. The summed E-state index contributed by atoms with van der Waals surface area (Å²) in [5, 5.41) is 6.40. The Morgan fingerprint density at radius 3 is 2.40 bits per heavy atom. The second kappa shape index (κ2) is 11.8. The molecular formula is C15H26IN3O. The third kappa shape index (κ3) is 7.57. The summed E-state index contributed by atoms with van der Waals surface area (Å²) < 4.78 is 5.73. The fourth-order valence-corrected chi connectivity index (χ4v) is 1.67. The van der Waals surface area contributed by atoms with Gasteiger partial charge in [0.1, 0.15) is 5.75 Å². The zero-order valence-corrected chi connectivity index (χ0v) is 14.9. The van der Waals surface area contributed by atoms with Gasteiger partial charge in [-0.15, -0.1) is 24.0 Å². The van der Waals surface area contributed by atoms with Crippen molar-refractivity contribution >= 4 is 29.9 Å². The molecule has 0 aliphatic heterocycles. The van der Waals surface area contributed by atoms with Gasteiger partial charge in [0.05, 0.1) is 6.61 Å². The summed E-state index contributed by atoms with van der Waals surface area (Å²) in [5.41, 5.74) is 1.17. The molecule has 0 fully saturated rings. The highest BCUT2D eigenvalue weighted by molar-refractivity contribution is 14.0. The molecule has 1 aromatic carbocycles. The molecule has 0 spiro atoms. The first kappa shape index (κ1) is 19.0. The van der Waals surface area contributed by atoms with Crippen molar-refractivity contribution in [2.75, 3.05) is 26.2 Å². The number of hydrogen-bond acceptors (Lipinski definition) is 2. The molecule has 1 aromatic rings. The van der Waals surface area contributed by atoms with Crippen molar-refractivity contribution in [3.63, 3.8) is 0 Å². The van der Waals surface area contributed by atoms with Crippen LogP contribution >= 0.6 is 24.0 Å². The number of nitrogens with one attached hydrogen (secondary N) is 2. The number of halogens is 1. The molecule has 0 saturated carbocycles. The molecule has 0 saturated heterocycles. The second-order valence-corrected chi connectivity index (χ2v) is 4.26. The molecule has 114 valence electrons. The third-order valence-electron chi connectivity index (χ3n) is 2.61. The minimum atomic E-state index is 0. The predicted octanol–water partition coefficient (Wildman–Crippen LogP) is 2.96. The maximum Gasteiger partial charge on any atom is 0.191 e. The van der Waals surface area contributed by atoms with E-state index in [0.29, 0.717) is 6.61 Å². The van der Waals surface area contributed by atoms with Gasteiger partial charge >= 0.3 is 0 Å². The molecule has 0 aliphatic rings. The van der Waals surface area contributed by atoms with E-state index in [1.54, 1.807) is 0 Å². The Morgan fingerprint density at radius 2 is 1.80 bits per heavy atom. The zero-order chi connectivity index (χ0) is 13.9. The highest BCUT2D eigenvalue weighted by atomic mass is 127. The smallest absolute Gasteiger partial charge is 0.191 e. The summed E-state index contributed by atoms with van der Waals surface area (Å²) in [7, 11) is 0. The van der Waals surface area contributed by atoms with E-state index < -0.39 is 0 Å². The minimum Gasteiger partial charge on any atom is -0.493 e. The predicted molar refractivity (Wildman–Crippen MR) is 96.4 cm³/mol. The summed E-state index contributed by atoms with van der Waals surface area (Å²) in [6.45, 7) is 9.41. The molecule has 0 amide bonds. The van der Waals surface area contributed by atoms with Gasteiger partial charge in [-0.1, -0.05) is 18.2 Å². The van der Waals surface area contributed by atoms with E-state index in [0.717, 1.165) is 37.8 Å². The van der Waals surface area contributed by atoms with Gasteiger partial charge in [-0.25, -0.2) is 0 Å². The lowest BCUT2D eigenvalue weighted by atomic mass is 10.2. The largest absolute Gasteiger partial charge is 0.493 e. The lowest BCUT2D eigenvalue weighted by Gasteiger charge is -2.10. The molecule has 0 radical (unpaired) electrons. The molecule has 4 nitrogen and oxygen atoms in total. The number of aryl methyl sites for hydroxylation is 1. The van der Waals surface area contributed by atoms with Gasteiger partial charge in [0.2, 0.25) is 0 Å². The van der Waals surface area contributed by atoms with E-state index >= 15 is 0 Å². The van der Waals surface area contributed by atoms with Gasteiger partial charge in [-0.2, -0.15) is 0 Å². The summed E-state index contributed by atoms with van der Waals surface area (Å²) in [6.07, 6.45) is 0.911. The van der Waals surface area contributed by atoms with Crippen molar-refractivity contribution in [3.05, 3.63) is 29.8 Å². The SMILES string of the molecule is CCNC(=NCCCOc1ccccc1C)NCC.I. The molecular weight excluding hydrogens is 365 g/mol. The number of rotatable bonds is 7. The molecule has 1 rings (SSSR count). The first-order valence-corrected chi connectivity index (χ1v) is 6.98. The molecule has 0 aromatic heterocycles. The van der Waals surface area contributed by atoms with Crippen molar-refractivity contribution < 1.29 is 4.74 Å². The Balaban J connectivity index is 0.00000361. The minimum absolute atomic E-state index is 0. The Bertz CT molecular complexity index is 388. The standard InChI is InChI=1S/C15H25N3O.HI/c1-4-16-15(17-5-2)18-11-8-12-19-14-10-7-6-9-13(14)3;/h6-7,9-10H,4-5,8,11-12H2,1-3H3,(H2,16,17,18);1H. The van der Waals surface area contributed by atoms with E-state index in [4.69, 9.17) is 4.74 Å². The van der Waals surface area contributed by atoms with Crippen LogP contribution < -0.4 is 15.4 Å². The van der Waals surface area contributed by atoms with E-state index in [1.165, 1.54) is 5.56 Å². The average molecular weight is 391 g/mol. The Morgan fingerprint density at radius 1 is 1.15 bits per heavy atom. The fourth-order valence-electron chi connectivity index (χ4n) is 1.67. The first-order valence-electron chi connectivity index (χ1n) is 6.98.